The molecule has 6 heteroatoms. The van der Waals surface area contributed by atoms with Crippen LogP contribution in [-0.2, 0) is 10.0 Å². The predicted octanol–water partition coefficient (Wildman–Crippen LogP) is 1.87. The van der Waals surface area contributed by atoms with Crippen molar-refractivity contribution in [2.24, 2.45) is 0 Å². The maximum Gasteiger partial charge on any atom is 0.242 e. The number of sulfonamides is 1. The summed E-state index contributed by atoms with van der Waals surface area (Å²) in [6.07, 6.45) is 1.58. The number of anilines is 1. The molecule has 96 valence electrons. The van der Waals surface area contributed by atoms with Gasteiger partial charge in [0.2, 0.25) is 10.0 Å². The van der Waals surface area contributed by atoms with Gasteiger partial charge in [0.1, 0.15) is 10.7 Å². The van der Waals surface area contributed by atoms with E-state index in [9.17, 15) is 12.8 Å². The molecule has 1 aromatic rings. The Kier molecular flexibility index (Phi) is 4.47. The number of halogens is 1. The van der Waals surface area contributed by atoms with Gasteiger partial charge in [0.05, 0.1) is 5.69 Å². The van der Waals surface area contributed by atoms with E-state index >= 15 is 0 Å². The lowest BCUT2D eigenvalue weighted by Crippen LogP contribution is -2.33. The fraction of sp³-hybridized carbons (Fsp3) is 0.455. The summed E-state index contributed by atoms with van der Waals surface area (Å²) >= 11 is 0. The van der Waals surface area contributed by atoms with Crippen molar-refractivity contribution in [2.75, 3.05) is 5.73 Å². The SMILES string of the molecule is CCCC(C)NS(=O)(=O)c1cccc(F)c1N. The Balaban J connectivity index is 3.02. The van der Waals surface area contributed by atoms with Crippen LogP contribution in [0.2, 0.25) is 0 Å². The van der Waals surface area contributed by atoms with Gasteiger partial charge in [-0.3, -0.25) is 0 Å². The van der Waals surface area contributed by atoms with Gasteiger partial charge in [-0.15, -0.1) is 0 Å². The summed E-state index contributed by atoms with van der Waals surface area (Å²) in [7, 11) is -3.75. The van der Waals surface area contributed by atoms with E-state index < -0.39 is 15.8 Å². The summed E-state index contributed by atoms with van der Waals surface area (Å²) in [6, 6.07) is 3.54. The van der Waals surface area contributed by atoms with Crippen molar-refractivity contribution < 1.29 is 12.8 Å². The normalized spacial score (nSPS) is 13.6. The van der Waals surface area contributed by atoms with Crippen LogP contribution >= 0.6 is 0 Å². The molecule has 0 heterocycles. The lowest BCUT2D eigenvalue weighted by molar-refractivity contribution is 0.543. The third-order valence-corrected chi connectivity index (χ3v) is 4.03. The Labute approximate surface area is 101 Å². The van der Waals surface area contributed by atoms with E-state index in [-0.39, 0.29) is 16.6 Å². The van der Waals surface area contributed by atoms with Crippen molar-refractivity contribution in [2.45, 2.75) is 37.6 Å². The lowest BCUT2D eigenvalue weighted by Gasteiger charge is -2.14. The number of nitrogen functional groups attached to an aromatic ring is 1. The average molecular weight is 260 g/mol. The molecule has 0 saturated heterocycles. The highest BCUT2D eigenvalue weighted by Gasteiger charge is 2.21. The molecule has 0 aliphatic heterocycles. The monoisotopic (exact) mass is 260 g/mol. The molecule has 0 saturated carbocycles. The van der Waals surface area contributed by atoms with Crippen LogP contribution in [-0.4, -0.2) is 14.5 Å². The quantitative estimate of drug-likeness (QED) is 0.794. The van der Waals surface area contributed by atoms with E-state index in [1.807, 2.05) is 6.92 Å². The first-order valence-corrected chi connectivity index (χ1v) is 6.93. The molecule has 0 aromatic heterocycles. The van der Waals surface area contributed by atoms with E-state index in [0.717, 1.165) is 12.5 Å². The van der Waals surface area contributed by atoms with E-state index in [1.54, 1.807) is 6.92 Å². The number of benzene rings is 1. The van der Waals surface area contributed by atoms with Crippen molar-refractivity contribution in [3.8, 4) is 0 Å². The second-order valence-electron chi connectivity index (χ2n) is 3.96. The maximum absolute atomic E-state index is 13.2. The molecule has 4 nitrogen and oxygen atoms in total. The highest BCUT2D eigenvalue weighted by molar-refractivity contribution is 7.89. The molecular weight excluding hydrogens is 243 g/mol. The number of para-hydroxylation sites is 1. The molecule has 0 spiro atoms. The van der Waals surface area contributed by atoms with Crippen LogP contribution in [0.15, 0.2) is 23.1 Å². The summed E-state index contributed by atoms with van der Waals surface area (Å²) < 4.78 is 39.5. The van der Waals surface area contributed by atoms with Crippen molar-refractivity contribution in [1.82, 2.24) is 4.72 Å². The minimum atomic E-state index is -3.75. The molecule has 1 unspecified atom stereocenters. The van der Waals surface area contributed by atoms with Crippen LogP contribution in [0.4, 0.5) is 10.1 Å². The second-order valence-corrected chi connectivity index (χ2v) is 5.65. The third kappa shape index (κ3) is 3.41. The summed E-state index contributed by atoms with van der Waals surface area (Å²) in [5.74, 6) is -0.726. The molecule has 0 bridgehead atoms. The van der Waals surface area contributed by atoms with Gasteiger partial charge < -0.3 is 5.73 Å². The molecule has 0 aliphatic rings. The fourth-order valence-electron chi connectivity index (χ4n) is 1.57. The third-order valence-electron chi connectivity index (χ3n) is 2.38. The second kappa shape index (κ2) is 5.46. The van der Waals surface area contributed by atoms with Crippen molar-refractivity contribution >= 4 is 15.7 Å². The maximum atomic E-state index is 13.2. The zero-order valence-electron chi connectivity index (χ0n) is 9.90. The van der Waals surface area contributed by atoms with Crippen LogP contribution in [0.3, 0.4) is 0 Å². The summed E-state index contributed by atoms with van der Waals surface area (Å²) in [4.78, 5) is -0.208. The number of hydrogen-bond acceptors (Lipinski definition) is 3. The Morgan fingerprint density at radius 2 is 2.12 bits per heavy atom. The average Bonchev–Trinajstić information content (AvgIpc) is 2.21. The molecule has 1 rings (SSSR count). The first-order chi connectivity index (χ1) is 7.88. The van der Waals surface area contributed by atoms with Gasteiger partial charge >= 0.3 is 0 Å². The van der Waals surface area contributed by atoms with Gasteiger partial charge in [-0.05, 0) is 25.5 Å². The summed E-state index contributed by atoms with van der Waals surface area (Å²) in [5, 5.41) is 0. The van der Waals surface area contributed by atoms with E-state index in [1.165, 1.54) is 12.1 Å². The van der Waals surface area contributed by atoms with Gasteiger partial charge in [-0.1, -0.05) is 19.4 Å². The molecular formula is C11H17FN2O2S. The van der Waals surface area contributed by atoms with Gasteiger partial charge in [-0.2, -0.15) is 0 Å². The number of nitrogens with one attached hydrogen (secondary N) is 1. The number of rotatable bonds is 5. The van der Waals surface area contributed by atoms with Gasteiger partial charge in [0.25, 0.3) is 0 Å². The molecule has 0 radical (unpaired) electrons. The minimum Gasteiger partial charge on any atom is -0.395 e. The van der Waals surface area contributed by atoms with Crippen LogP contribution in [0.5, 0.6) is 0 Å². The largest absolute Gasteiger partial charge is 0.395 e. The number of nitrogens with two attached hydrogens (primary N) is 1. The molecule has 1 atom stereocenters. The smallest absolute Gasteiger partial charge is 0.242 e. The first-order valence-electron chi connectivity index (χ1n) is 5.44. The Hall–Kier alpha value is -1.14. The Morgan fingerprint density at radius 1 is 1.47 bits per heavy atom. The van der Waals surface area contributed by atoms with Gasteiger partial charge in [0, 0.05) is 6.04 Å². The highest BCUT2D eigenvalue weighted by Crippen LogP contribution is 2.21. The summed E-state index contributed by atoms with van der Waals surface area (Å²) in [5.41, 5.74) is 5.08. The zero-order chi connectivity index (χ0) is 13.1. The zero-order valence-corrected chi connectivity index (χ0v) is 10.7. The highest BCUT2D eigenvalue weighted by atomic mass is 32.2. The van der Waals surface area contributed by atoms with Crippen molar-refractivity contribution in [3.63, 3.8) is 0 Å². The van der Waals surface area contributed by atoms with Gasteiger partial charge in [0.15, 0.2) is 0 Å². The van der Waals surface area contributed by atoms with Crippen molar-refractivity contribution in [3.05, 3.63) is 24.0 Å². The first kappa shape index (κ1) is 13.9. The van der Waals surface area contributed by atoms with E-state index in [4.69, 9.17) is 5.73 Å². The van der Waals surface area contributed by atoms with Crippen LogP contribution in [0.1, 0.15) is 26.7 Å². The standard InChI is InChI=1S/C11H17FN2O2S/c1-3-5-8(2)14-17(15,16)10-7-4-6-9(12)11(10)13/h4,6-8,14H,3,5,13H2,1-2H3. The molecule has 17 heavy (non-hydrogen) atoms. The summed E-state index contributed by atoms with van der Waals surface area (Å²) in [6.45, 7) is 3.72. The molecule has 0 fully saturated rings. The predicted molar refractivity (Wildman–Crippen MR) is 65.5 cm³/mol. The topological polar surface area (TPSA) is 72.2 Å². The Bertz CT molecular complexity index is 488. The molecule has 3 N–H and O–H groups in total. The molecule has 1 aromatic carbocycles. The van der Waals surface area contributed by atoms with Crippen LogP contribution in [0.25, 0.3) is 0 Å². The van der Waals surface area contributed by atoms with Crippen LogP contribution < -0.4 is 10.5 Å². The molecule has 0 aliphatic carbocycles. The minimum absolute atomic E-state index is 0.201. The number of hydrogen-bond donors (Lipinski definition) is 2. The van der Waals surface area contributed by atoms with E-state index in [0.29, 0.717) is 6.42 Å². The lowest BCUT2D eigenvalue weighted by atomic mass is 10.2. The van der Waals surface area contributed by atoms with Gasteiger partial charge in [-0.25, -0.2) is 17.5 Å². The molecule has 0 amide bonds. The van der Waals surface area contributed by atoms with E-state index in [2.05, 4.69) is 4.72 Å². The fourth-order valence-corrected chi connectivity index (χ4v) is 2.99. The Morgan fingerprint density at radius 3 is 2.71 bits per heavy atom. The van der Waals surface area contributed by atoms with Crippen LogP contribution in [0, 0.1) is 5.82 Å². The van der Waals surface area contributed by atoms with Crippen molar-refractivity contribution in [1.29, 1.82) is 0 Å².